The fraction of sp³-hybridized carbons (Fsp3) is 0.750. The van der Waals surface area contributed by atoms with E-state index in [1.165, 1.54) is 25.7 Å². The first-order chi connectivity index (χ1) is 7.74. The fourth-order valence-corrected chi connectivity index (χ4v) is 2.58. The fourth-order valence-electron chi connectivity index (χ4n) is 2.58. The van der Waals surface area contributed by atoms with E-state index >= 15 is 0 Å². The molecule has 0 bridgehead atoms. The van der Waals surface area contributed by atoms with Crippen molar-refractivity contribution in [3.8, 4) is 0 Å². The van der Waals surface area contributed by atoms with Crippen molar-refractivity contribution in [1.29, 1.82) is 0 Å². The molecule has 2 heterocycles. The lowest BCUT2D eigenvalue weighted by Crippen LogP contribution is -2.45. The SMILES string of the molecule is CCCC1(CNc2cnn(C)c2)CCCN1. The van der Waals surface area contributed by atoms with E-state index in [9.17, 15) is 0 Å². The number of hydrogen-bond acceptors (Lipinski definition) is 3. The Morgan fingerprint density at radius 1 is 1.62 bits per heavy atom. The Labute approximate surface area is 97.4 Å². The molecular formula is C12H22N4. The molecule has 2 N–H and O–H groups in total. The summed E-state index contributed by atoms with van der Waals surface area (Å²) in [6, 6.07) is 0. The van der Waals surface area contributed by atoms with Crippen LogP contribution in [0.1, 0.15) is 32.6 Å². The van der Waals surface area contributed by atoms with Crippen LogP contribution in [0.2, 0.25) is 0 Å². The van der Waals surface area contributed by atoms with Crippen molar-refractivity contribution >= 4 is 5.69 Å². The monoisotopic (exact) mass is 222 g/mol. The standard InChI is InChI=1S/C12H22N4/c1-3-5-12(6-4-7-14-12)10-13-11-8-15-16(2)9-11/h8-9,13-14H,3-7,10H2,1-2H3. The second-order valence-electron chi connectivity index (χ2n) is 4.82. The molecule has 4 heteroatoms. The Bertz CT molecular complexity index is 326. The minimum absolute atomic E-state index is 0.310. The number of anilines is 1. The predicted molar refractivity (Wildman–Crippen MR) is 66.6 cm³/mol. The maximum absolute atomic E-state index is 4.16. The van der Waals surface area contributed by atoms with E-state index in [4.69, 9.17) is 0 Å². The van der Waals surface area contributed by atoms with Crippen molar-refractivity contribution < 1.29 is 0 Å². The molecule has 1 unspecified atom stereocenters. The van der Waals surface area contributed by atoms with Crippen molar-refractivity contribution in [2.24, 2.45) is 7.05 Å². The van der Waals surface area contributed by atoms with Crippen LogP contribution in [-0.2, 0) is 7.05 Å². The van der Waals surface area contributed by atoms with Gasteiger partial charge in [0.1, 0.15) is 0 Å². The Balaban J connectivity index is 1.91. The molecule has 16 heavy (non-hydrogen) atoms. The molecule has 0 aliphatic carbocycles. The zero-order chi connectivity index (χ0) is 11.4. The molecule has 1 atom stereocenters. The zero-order valence-electron chi connectivity index (χ0n) is 10.3. The van der Waals surface area contributed by atoms with Crippen molar-refractivity contribution in [3.63, 3.8) is 0 Å². The van der Waals surface area contributed by atoms with Gasteiger partial charge in [-0.25, -0.2) is 0 Å². The van der Waals surface area contributed by atoms with Gasteiger partial charge in [0.15, 0.2) is 0 Å². The van der Waals surface area contributed by atoms with Crippen LogP contribution in [0, 0.1) is 0 Å². The van der Waals surface area contributed by atoms with E-state index in [0.29, 0.717) is 5.54 Å². The Morgan fingerprint density at radius 3 is 3.06 bits per heavy atom. The van der Waals surface area contributed by atoms with Crippen LogP contribution in [-0.4, -0.2) is 28.4 Å². The summed E-state index contributed by atoms with van der Waals surface area (Å²) in [5.41, 5.74) is 1.43. The molecule has 0 saturated carbocycles. The minimum atomic E-state index is 0.310. The lowest BCUT2D eigenvalue weighted by Gasteiger charge is -2.29. The van der Waals surface area contributed by atoms with Crippen LogP contribution >= 0.6 is 0 Å². The Kier molecular flexibility index (Phi) is 3.49. The van der Waals surface area contributed by atoms with Crippen LogP contribution in [0.25, 0.3) is 0 Å². The van der Waals surface area contributed by atoms with Crippen LogP contribution in [0.5, 0.6) is 0 Å². The molecule has 0 radical (unpaired) electrons. The van der Waals surface area contributed by atoms with Gasteiger partial charge in [-0.2, -0.15) is 5.10 Å². The first-order valence-electron chi connectivity index (χ1n) is 6.22. The molecule has 0 spiro atoms. The predicted octanol–water partition coefficient (Wildman–Crippen LogP) is 1.75. The van der Waals surface area contributed by atoms with Crippen molar-refractivity contribution in [3.05, 3.63) is 12.4 Å². The van der Waals surface area contributed by atoms with E-state index in [1.807, 2.05) is 24.1 Å². The molecule has 0 aromatic carbocycles. The summed E-state index contributed by atoms with van der Waals surface area (Å²) in [7, 11) is 1.95. The summed E-state index contributed by atoms with van der Waals surface area (Å²) in [6.45, 7) is 4.42. The molecular weight excluding hydrogens is 200 g/mol. The second kappa shape index (κ2) is 4.87. The highest BCUT2D eigenvalue weighted by Gasteiger charge is 2.31. The van der Waals surface area contributed by atoms with Crippen LogP contribution in [0.4, 0.5) is 5.69 Å². The summed E-state index contributed by atoms with van der Waals surface area (Å²) in [5, 5.41) is 11.3. The van der Waals surface area contributed by atoms with Gasteiger partial charge in [0, 0.05) is 25.3 Å². The third kappa shape index (κ3) is 2.55. The molecule has 4 nitrogen and oxygen atoms in total. The van der Waals surface area contributed by atoms with Gasteiger partial charge in [0.25, 0.3) is 0 Å². The van der Waals surface area contributed by atoms with Crippen molar-refractivity contribution in [2.75, 3.05) is 18.4 Å². The van der Waals surface area contributed by atoms with Gasteiger partial charge in [0.2, 0.25) is 0 Å². The molecule has 1 aliphatic rings. The van der Waals surface area contributed by atoms with Gasteiger partial charge in [0.05, 0.1) is 11.9 Å². The molecule has 1 aromatic rings. The largest absolute Gasteiger partial charge is 0.381 e. The minimum Gasteiger partial charge on any atom is -0.381 e. The van der Waals surface area contributed by atoms with Gasteiger partial charge in [-0.1, -0.05) is 13.3 Å². The molecule has 1 saturated heterocycles. The molecule has 1 aliphatic heterocycles. The first kappa shape index (κ1) is 11.5. The molecule has 1 aromatic heterocycles. The van der Waals surface area contributed by atoms with E-state index in [-0.39, 0.29) is 0 Å². The van der Waals surface area contributed by atoms with E-state index in [2.05, 4.69) is 22.7 Å². The Morgan fingerprint density at radius 2 is 2.50 bits per heavy atom. The van der Waals surface area contributed by atoms with Gasteiger partial charge >= 0.3 is 0 Å². The molecule has 0 amide bonds. The van der Waals surface area contributed by atoms with Gasteiger partial charge in [-0.05, 0) is 25.8 Å². The summed E-state index contributed by atoms with van der Waals surface area (Å²) >= 11 is 0. The number of rotatable bonds is 5. The van der Waals surface area contributed by atoms with Crippen molar-refractivity contribution in [1.82, 2.24) is 15.1 Å². The number of aromatic nitrogens is 2. The summed E-state index contributed by atoms with van der Waals surface area (Å²) in [5.74, 6) is 0. The number of hydrogen-bond donors (Lipinski definition) is 2. The Hall–Kier alpha value is -1.03. The third-order valence-electron chi connectivity index (χ3n) is 3.40. The van der Waals surface area contributed by atoms with Gasteiger partial charge in [-0.15, -0.1) is 0 Å². The average Bonchev–Trinajstić information content (AvgIpc) is 2.86. The highest BCUT2D eigenvalue weighted by Crippen LogP contribution is 2.25. The van der Waals surface area contributed by atoms with Crippen molar-refractivity contribution in [2.45, 2.75) is 38.1 Å². The van der Waals surface area contributed by atoms with E-state index in [1.54, 1.807) is 0 Å². The quantitative estimate of drug-likeness (QED) is 0.797. The van der Waals surface area contributed by atoms with Gasteiger partial charge in [-0.3, -0.25) is 4.68 Å². The highest BCUT2D eigenvalue weighted by molar-refractivity contribution is 5.38. The maximum atomic E-state index is 4.16. The summed E-state index contributed by atoms with van der Waals surface area (Å²) in [6.07, 6.45) is 8.98. The summed E-state index contributed by atoms with van der Waals surface area (Å²) < 4.78 is 1.83. The first-order valence-corrected chi connectivity index (χ1v) is 6.22. The molecule has 2 rings (SSSR count). The third-order valence-corrected chi connectivity index (χ3v) is 3.40. The normalized spacial score (nSPS) is 24.9. The lowest BCUT2D eigenvalue weighted by atomic mass is 9.92. The zero-order valence-corrected chi connectivity index (χ0v) is 10.3. The molecule has 90 valence electrons. The van der Waals surface area contributed by atoms with Crippen LogP contribution in [0.15, 0.2) is 12.4 Å². The lowest BCUT2D eigenvalue weighted by molar-refractivity contribution is 0.364. The van der Waals surface area contributed by atoms with E-state index in [0.717, 1.165) is 18.8 Å². The number of aryl methyl sites for hydroxylation is 1. The highest BCUT2D eigenvalue weighted by atomic mass is 15.3. The summed E-state index contributed by atoms with van der Waals surface area (Å²) in [4.78, 5) is 0. The smallest absolute Gasteiger partial charge is 0.0727 e. The maximum Gasteiger partial charge on any atom is 0.0727 e. The van der Waals surface area contributed by atoms with Crippen LogP contribution < -0.4 is 10.6 Å². The topological polar surface area (TPSA) is 41.9 Å². The van der Waals surface area contributed by atoms with Crippen LogP contribution in [0.3, 0.4) is 0 Å². The molecule has 1 fully saturated rings. The van der Waals surface area contributed by atoms with E-state index < -0.39 is 0 Å². The number of nitrogens with zero attached hydrogens (tertiary/aromatic N) is 2. The average molecular weight is 222 g/mol. The second-order valence-corrected chi connectivity index (χ2v) is 4.82. The van der Waals surface area contributed by atoms with Gasteiger partial charge < -0.3 is 10.6 Å². The number of nitrogens with one attached hydrogen (secondary N) is 2.